The number of hydrogen-bond donors (Lipinski definition) is 0. The van der Waals surface area contributed by atoms with Crippen molar-refractivity contribution in [3.63, 3.8) is 0 Å². The molecule has 210 valence electrons. The van der Waals surface area contributed by atoms with E-state index in [-0.39, 0.29) is 11.2 Å². The lowest BCUT2D eigenvalue weighted by atomic mass is 9.83. The molecule has 0 heterocycles. The van der Waals surface area contributed by atoms with Crippen LogP contribution < -0.4 is 0 Å². The Labute approximate surface area is 264 Å². The maximum atomic E-state index is 9.86. The molecule has 6 rings (SSSR count). The SMILES string of the molecule is CC(C)(C#N)CC(SC(=S)c1ccccc1)c1ccc(-c2c3ccccc3c(C3C=CC=CC=C3)c3ccccc23)cc1. The first kappa shape index (κ1) is 28.9. The van der Waals surface area contributed by atoms with Gasteiger partial charge < -0.3 is 0 Å². The predicted octanol–water partition coefficient (Wildman–Crippen LogP) is 11.5. The second-order valence-electron chi connectivity index (χ2n) is 11.6. The highest BCUT2D eigenvalue weighted by Gasteiger charge is 2.26. The minimum Gasteiger partial charge on any atom is -0.198 e. The number of thioether (sulfide) groups is 1. The Morgan fingerprint density at radius 2 is 1.28 bits per heavy atom. The highest BCUT2D eigenvalue weighted by atomic mass is 32.2. The van der Waals surface area contributed by atoms with Gasteiger partial charge in [-0.05, 0) is 69.6 Å². The van der Waals surface area contributed by atoms with Gasteiger partial charge in [-0.3, -0.25) is 0 Å². The van der Waals surface area contributed by atoms with Crippen molar-refractivity contribution in [1.82, 2.24) is 0 Å². The van der Waals surface area contributed by atoms with E-state index in [4.69, 9.17) is 12.2 Å². The van der Waals surface area contributed by atoms with Gasteiger partial charge in [0, 0.05) is 11.2 Å². The molecule has 5 aromatic rings. The predicted molar refractivity (Wildman–Crippen MR) is 190 cm³/mol. The van der Waals surface area contributed by atoms with Crippen LogP contribution in [0, 0.1) is 16.7 Å². The van der Waals surface area contributed by atoms with E-state index in [0.717, 1.165) is 9.76 Å². The van der Waals surface area contributed by atoms with Gasteiger partial charge in [-0.15, -0.1) is 11.8 Å². The summed E-state index contributed by atoms with van der Waals surface area (Å²) in [6.45, 7) is 4.02. The molecule has 0 saturated carbocycles. The van der Waals surface area contributed by atoms with Crippen molar-refractivity contribution >= 4 is 49.7 Å². The van der Waals surface area contributed by atoms with E-state index < -0.39 is 5.41 Å². The molecular weight excluding hydrogens is 559 g/mol. The lowest BCUT2D eigenvalue weighted by Crippen LogP contribution is -2.13. The van der Waals surface area contributed by atoms with Crippen LogP contribution in [0.1, 0.15) is 48.1 Å². The van der Waals surface area contributed by atoms with E-state index in [1.165, 1.54) is 43.8 Å². The second kappa shape index (κ2) is 12.6. The number of nitrogens with zero attached hydrogens (tertiary/aromatic N) is 1. The molecule has 0 N–H and O–H groups in total. The zero-order valence-electron chi connectivity index (χ0n) is 24.4. The monoisotopic (exact) mass is 591 g/mol. The molecule has 1 aliphatic rings. The molecule has 43 heavy (non-hydrogen) atoms. The first-order chi connectivity index (χ1) is 20.9. The average Bonchev–Trinajstić information content (AvgIpc) is 3.33. The number of nitriles is 1. The number of thiocarbonyl (C=S) groups is 1. The summed E-state index contributed by atoms with van der Waals surface area (Å²) in [5.74, 6) is 0.191. The van der Waals surface area contributed by atoms with Gasteiger partial charge in [-0.25, -0.2) is 0 Å². The molecule has 0 amide bonds. The van der Waals surface area contributed by atoms with Crippen molar-refractivity contribution < 1.29 is 0 Å². The molecular formula is C40H33NS2. The Morgan fingerprint density at radius 3 is 1.84 bits per heavy atom. The molecule has 1 atom stereocenters. The minimum atomic E-state index is -0.471. The topological polar surface area (TPSA) is 23.8 Å². The molecule has 1 unspecified atom stereocenters. The van der Waals surface area contributed by atoms with E-state index in [2.05, 4.69) is 127 Å². The van der Waals surface area contributed by atoms with Crippen molar-refractivity contribution in [1.29, 1.82) is 5.26 Å². The Kier molecular flexibility index (Phi) is 8.43. The number of rotatable bonds is 7. The number of benzene rings is 5. The summed E-state index contributed by atoms with van der Waals surface area (Å²) in [5.41, 5.74) is 5.54. The molecule has 1 nitrogen and oxygen atoms in total. The van der Waals surface area contributed by atoms with Gasteiger partial charge in [0.15, 0.2) is 0 Å². The fourth-order valence-electron chi connectivity index (χ4n) is 5.96. The van der Waals surface area contributed by atoms with Gasteiger partial charge in [0.25, 0.3) is 0 Å². The summed E-state index contributed by atoms with van der Waals surface area (Å²) in [6.07, 6.45) is 13.7. The maximum absolute atomic E-state index is 9.86. The maximum Gasteiger partial charge on any atom is 0.0784 e. The smallest absolute Gasteiger partial charge is 0.0784 e. The second-order valence-corrected chi connectivity index (χ2v) is 13.5. The van der Waals surface area contributed by atoms with E-state index in [0.29, 0.717) is 6.42 Å². The van der Waals surface area contributed by atoms with Crippen molar-refractivity contribution in [3.05, 3.63) is 156 Å². The number of fused-ring (bicyclic) bond motifs is 2. The zero-order valence-corrected chi connectivity index (χ0v) is 26.0. The van der Waals surface area contributed by atoms with E-state index in [1.54, 1.807) is 11.8 Å². The van der Waals surface area contributed by atoms with E-state index >= 15 is 0 Å². The molecule has 0 aliphatic heterocycles. The normalized spacial score (nSPS) is 14.1. The Balaban J connectivity index is 1.45. The van der Waals surface area contributed by atoms with Crippen molar-refractivity contribution in [2.45, 2.75) is 31.4 Å². The van der Waals surface area contributed by atoms with Crippen LogP contribution in [0.15, 0.2) is 140 Å². The van der Waals surface area contributed by atoms with Gasteiger partial charge >= 0.3 is 0 Å². The van der Waals surface area contributed by atoms with Crippen molar-refractivity contribution in [2.24, 2.45) is 5.41 Å². The fraction of sp³-hybridized carbons (Fsp3) is 0.150. The lowest BCUT2D eigenvalue weighted by Gasteiger charge is -2.25. The zero-order chi connectivity index (χ0) is 29.8. The molecule has 0 aromatic heterocycles. The number of hydrogen-bond acceptors (Lipinski definition) is 3. The van der Waals surface area contributed by atoms with Crippen LogP contribution in [-0.2, 0) is 0 Å². The molecule has 0 spiro atoms. The largest absolute Gasteiger partial charge is 0.198 e. The van der Waals surface area contributed by atoms with E-state index in [1.807, 2.05) is 32.0 Å². The Bertz CT molecular complexity index is 1850. The third-order valence-electron chi connectivity index (χ3n) is 8.11. The van der Waals surface area contributed by atoms with Gasteiger partial charge in [-0.1, -0.05) is 152 Å². The standard InChI is InChI=1S/C40H33NS2/c1-40(2,27-41)26-36(43-39(42)31-16-8-5-9-17-31)28-22-24-30(25-23-28)38-34-20-12-10-18-32(34)37(29-14-6-3-4-7-15-29)33-19-11-13-21-35(33)38/h3-25,29,36H,26H2,1-2H3. The average molecular weight is 592 g/mol. The summed E-state index contributed by atoms with van der Waals surface area (Å²) in [4.78, 5) is 0. The lowest BCUT2D eigenvalue weighted by molar-refractivity contribution is 0.448. The quantitative estimate of drug-likeness (QED) is 0.139. The summed E-state index contributed by atoms with van der Waals surface area (Å²) in [6, 6.07) is 39.2. The van der Waals surface area contributed by atoms with Gasteiger partial charge in [0.2, 0.25) is 0 Å². The minimum absolute atomic E-state index is 0.0645. The van der Waals surface area contributed by atoms with Crippen molar-refractivity contribution in [3.8, 4) is 17.2 Å². The molecule has 5 aromatic carbocycles. The fourth-order valence-corrected chi connectivity index (χ4v) is 7.77. The van der Waals surface area contributed by atoms with Crippen LogP contribution in [0.3, 0.4) is 0 Å². The summed E-state index contributed by atoms with van der Waals surface area (Å²) >= 11 is 7.55. The molecule has 0 radical (unpaired) electrons. The van der Waals surface area contributed by atoms with Crippen LogP contribution >= 0.6 is 24.0 Å². The highest BCUT2D eigenvalue weighted by molar-refractivity contribution is 8.23. The summed E-state index contributed by atoms with van der Waals surface area (Å²) < 4.78 is 0.854. The first-order valence-corrected chi connectivity index (χ1v) is 16.0. The Morgan fingerprint density at radius 1 is 0.744 bits per heavy atom. The Hall–Kier alpha value is -4.23. The first-order valence-electron chi connectivity index (χ1n) is 14.7. The third-order valence-corrected chi connectivity index (χ3v) is 9.80. The third kappa shape index (κ3) is 6.13. The van der Waals surface area contributed by atoms with Gasteiger partial charge in [-0.2, -0.15) is 5.26 Å². The molecule has 3 heteroatoms. The van der Waals surface area contributed by atoms with Crippen LogP contribution in [0.5, 0.6) is 0 Å². The van der Waals surface area contributed by atoms with E-state index in [9.17, 15) is 5.26 Å². The highest BCUT2D eigenvalue weighted by Crippen LogP contribution is 2.45. The number of allylic oxidation sites excluding steroid dienone is 6. The van der Waals surface area contributed by atoms with Crippen LogP contribution in [0.2, 0.25) is 0 Å². The molecule has 0 fully saturated rings. The van der Waals surface area contributed by atoms with Crippen LogP contribution in [0.4, 0.5) is 0 Å². The molecule has 0 saturated heterocycles. The summed E-state index contributed by atoms with van der Waals surface area (Å²) in [5, 5.41) is 15.0. The van der Waals surface area contributed by atoms with Crippen LogP contribution in [0.25, 0.3) is 32.7 Å². The van der Waals surface area contributed by atoms with Gasteiger partial charge in [0.1, 0.15) is 0 Å². The van der Waals surface area contributed by atoms with Gasteiger partial charge in [0.05, 0.1) is 15.7 Å². The molecule has 0 bridgehead atoms. The molecule has 1 aliphatic carbocycles. The summed E-state index contributed by atoms with van der Waals surface area (Å²) in [7, 11) is 0. The van der Waals surface area contributed by atoms with Crippen LogP contribution in [-0.4, -0.2) is 4.20 Å². The van der Waals surface area contributed by atoms with Crippen molar-refractivity contribution in [2.75, 3.05) is 0 Å².